The van der Waals surface area contributed by atoms with Gasteiger partial charge in [-0.2, -0.15) is 12.6 Å². The van der Waals surface area contributed by atoms with Crippen molar-refractivity contribution in [3.8, 4) is 5.75 Å². The molecule has 0 unspecified atom stereocenters. The van der Waals surface area contributed by atoms with Crippen molar-refractivity contribution in [2.45, 2.75) is 0 Å². The first kappa shape index (κ1) is 11.4. The zero-order valence-corrected chi connectivity index (χ0v) is 10.1. The van der Waals surface area contributed by atoms with Gasteiger partial charge in [-0.3, -0.25) is 4.79 Å². The number of carbonyl (C=O) groups is 1. The minimum Gasteiger partial charge on any atom is -0.496 e. The predicted molar refractivity (Wildman–Crippen MR) is 63.2 cm³/mol. The molecule has 0 saturated heterocycles. The summed E-state index contributed by atoms with van der Waals surface area (Å²) in [5, 5.41) is 2.68. The van der Waals surface area contributed by atoms with Crippen LogP contribution in [-0.4, -0.2) is 18.8 Å². The van der Waals surface area contributed by atoms with Gasteiger partial charge >= 0.3 is 0 Å². The van der Waals surface area contributed by atoms with Crippen LogP contribution < -0.4 is 10.1 Å². The highest BCUT2D eigenvalue weighted by Gasteiger charge is 2.03. The lowest BCUT2D eigenvalue weighted by atomic mass is 10.3. The van der Waals surface area contributed by atoms with Gasteiger partial charge in [-0.25, -0.2) is 0 Å². The monoisotopic (exact) mass is 275 g/mol. The fourth-order valence-electron chi connectivity index (χ4n) is 0.945. The van der Waals surface area contributed by atoms with Crippen molar-refractivity contribution in [2.24, 2.45) is 0 Å². The Labute approximate surface area is 96.4 Å². The van der Waals surface area contributed by atoms with Crippen molar-refractivity contribution in [1.82, 2.24) is 0 Å². The zero-order valence-electron chi connectivity index (χ0n) is 7.58. The number of methoxy groups -OCH3 is 1. The van der Waals surface area contributed by atoms with Gasteiger partial charge in [0, 0.05) is 5.69 Å². The SMILES string of the molecule is COc1ccc(NC(=O)CS)cc1Br. The Hall–Kier alpha value is -0.680. The Morgan fingerprint density at radius 3 is 2.86 bits per heavy atom. The van der Waals surface area contributed by atoms with Crippen molar-refractivity contribution in [3.05, 3.63) is 22.7 Å². The average molecular weight is 276 g/mol. The number of carbonyl (C=O) groups excluding carboxylic acids is 1. The van der Waals surface area contributed by atoms with E-state index in [1.807, 2.05) is 0 Å². The molecule has 5 heteroatoms. The second-order valence-corrected chi connectivity index (χ2v) is 3.73. The summed E-state index contributed by atoms with van der Waals surface area (Å²) >= 11 is 7.19. The quantitative estimate of drug-likeness (QED) is 0.831. The largest absolute Gasteiger partial charge is 0.496 e. The molecule has 0 aliphatic rings. The highest BCUT2D eigenvalue weighted by molar-refractivity contribution is 9.10. The average Bonchev–Trinajstić information content (AvgIpc) is 2.18. The number of nitrogens with one attached hydrogen (secondary N) is 1. The molecule has 1 rings (SSSR count). The minimum atomic E-state index is -0.134. The number of thiol groups is 1. The number of hydrogen-bond donors (Lipinski definition) is 2. The molecule has 1 aromatic carbocycles. The van der Waals surface area contributed by atoms with Gasteiger partial charge in [-0.05, 0) is 34.1 Å². The first-order valence-electron chi connectivity index (χ1n) is 3.91. The number of benzene rings is 1. The summed E-state index contributed by atoms with van der Waals surface area (Å²) in [6.45, 7) is 0. The molecule has 0 saturated carbocycles. The maximum atomic E-state index is 11.0. The Morgan fingerprint density at radius 1 is 1.64 bits per heavy atom. The summed E-state index contributed by atoms with van der Waals surface area (Å²) in [6.07, 6.45) is 0. The number of anilines is 1. The van der Waals surface area contributed by atoms with E-state index in [1.54, 1.807) is 25.3 Å². The summed E-state index contributed by atoms with van der Waals surface area (Å²) in [7, 11) is 1.59. The fraction of sp³-hybridized carbons (Fsp3) is 0.222. The summed E-state index contributed by atoms with van der Waals surface area (Å²) in [5.41, 5.74) is 0.719. The molecule has 0 fully saturated rings. The highest BCUT2D eigenvalue weighted by Crippen LogP contribution is 2.27. The molecule has 0 spiro atoms. The summed E-state index contributed by atoms with van der Waals surface area (Å²) in [4.78, 5) is 11.0. The Kier molecular flexibility index (Phi) is 4.28. The van der Waals surface area contributed by atoms with E-state index in [4.69, 9.17) is 4.74 Å². The van der Waals surface area contributed by atoms with Crippen LogP contribution in [0.5, 0.6) is 5.75 Å². The summed E-state index contributed by atoms with van der Waals surface area (Å²) in [6, 6.07) is 5.32. The van der Waals surface area contributed by atoms with Crippen LogP contribution in [0.2, 0.25) is 0 Å². The third-order valence-electron chi connectivity index (χ3n) is 1.58. The lowest BCUT2D eigenvalue weighted by Crippen LogP contribution is -2.12. The predicted octanol–water partition coefficient (Wildman–Crippen LogP) is 2.33. The molecule has 0 radical (unpaired) electrons. The molecule has 0 bridgehead atoms. The number of halogens is 1. The maximum absolute atomic E-state index is 11.0. The molecule has 0 atom stereocenters. The van der Waals surface area contributed by atoms with Gasteiger partial charge in [0.2, 0.25) is 5.91 Å². The van der Waals surface area contributed by atoms with Gasteiger partial charge in [0.15, 0.2) is 0 Å². The van der Waals surface area contributed by atoms with Crippen molar-refractivity contribution in [2.75, 3.05) is 18.2 Å². The summed E-state index contributed by atoms with van der Waals surface area (Å²) < 4.78 is 5.86. The van der Waals surface area contributed by atoms with Crippen LogP contribution >= 0.6 is 28.6 Å². The molecule has 14 heavy (non-hydrogen) atoms. The van der Waals surface area contributed by atoms with Gasteiger partial charge in [0.05, 0.1) is 17.3 Å². The molecule has 0 aliphatic carbocycles. The van der Waals surface area contributed by atoms with Crippen molar-refractivity contribution >= 4 is 40.2 Å². The Morgan fingerprint density at radius 2 is 2.36 bits per heavy atom. The smallest absolute Gasteiger partial charge is 0.234 e. The van der Waals surface area contributed by atoms with E-state index in [1.165, 1.54) is 0 Å². The van der Waals surface area contributed by atoms with E-state index < -0.39 is 0 Å². The van der Waals surface area contributed by atoms with E-state index in [0.717, 1.165) is 15.9 Å². The van der Waals surface area contributed by atoms with Crippen LogP contribution in [0.15, 0.2) is 22.7 Å². The molecule has 76 valence electrons. The molecular formula is C9H10BrNO2S. The molecular weight excluding hydrogens is 266 g/mol. The van der Waals surface area contributed by atoms with Gasteiger partial charge in [-0.15, -0.1) is 0 Å². The lowest BCUT2D eigenvalue weighted by Gasteiger charge is -2.06. The van der Waals surface area contributed by atoms with Crippen molar-refractivity contribution in [3.63, 3.8) is 0 Å². The first-order chi connectivity index (χ1) is 6.67. The normalized spacial score (nSPS) is 9.64. The number of rotatable bonds is 3. The maximum Gasteiger partial charge on any atom is 0.234 e. The topological polar surface area (TPSA) is 38.3 Å². The molecule has 1 amide bonds. The van der Waals surface area contributed by atoms with Crippen LogP contribution in [-0.2, 0) is 4.79 Å². The van der Waals surface area contributed by atoms with E-state index in [0.29, 0.717) is 0 Å². The second-order valence-electron chi connectivity index (χ2n) is 2.56. The first-order valence-corrected chi connectivity index (χ1v) is 5.34. The second kappa shape index (κ2) is 5.26. The van der Waals surface area contributed by atoms with Crippen LogP contribution in [0, 0.1) is 0 Å². The molecule has 3 nitrogen and oxygen atoms in total. The van der Waals surface area contributed by atoms with Crippen LogP contribution in [0.25, 0.3) is 0 Å². The fourth-order valence-corrected chi connectivity index (χ4v) is 1.56. The molecule has 0 aromatic heterocycles. The van der Waals surface area contributed by atoms with E-state index >= 15 is 0 Å². The van der Waals surface area contributed by atoms with Crippen LogP contribution in [0.4, 0.5) is 5.69 Å². The van der Waals surface area contributed by atoms with E-state index in [9.17, 15) is 4.79 Å². The Bertz CT molecular complexity index is 344. The van der Waals surface area contributed by atoms with Crippen molar-refractivity contribution in [1.29, 1.82) is 0 Å². The minimum absolute atomic E-state index is 0.134. The van der Waals surface area contributed by atoms with Crippen LogP contribution in [0.1, 0.15) is 0 Å². The van der Waals surface area contributed by atoms with Gasteiger partial charge in [0.1, 0.15) is 5.75 Å². The molecule has 1 aromatic rings. The number of amides is 1. The third-order valence-corrected chi connectivity index (χ3v) is 2.49. The lowest BCUT2D eigenvalue weighted by molar-refractivity contribution is -0.113. The molecule has 0 aliphatic heterocycles. The molecule has 1 N–H and O–H groups in total. The zero-order chi connectivity index (χ0) is 10.6. The highest BCUT2D eigenvalue weighted by atomic mass is 79.9. The van der Waals surface area contributed by atoms with Gasteiger partial charge in [-0.1, -0.05) is 0 Å². The number of ether oxygens (including phenoxy) is 1. The third kappa shape index (κ3) is 2.92. The molecule has 0 heterocycles. The van der Waals surface area contributed by atoms with Crippen molar-refractivity contribution < 1.29 is 9.53 Å². The van der Waals surface area contributed by atoms with E-state index in [2.05, 4.69) is 33.9 Å². The van der Waals surface area contributed by atoms with Crippen LogP contribution in [0.3, 0.4) is 0 Å². The Balaban J connectivity index is 2.81. The van der Waals surface area contributed by atoms with Gasteiger partial charge in [0.25, 0.3) is 0 Å². The number of hydrogen-bond acceptors (Lipinski definition) is 3. The standard InChI is InChI=1S/C9H10BrNO2S/c1-13-8-3-2-6(4-7(8)10)11-9(12)5-14/h2-4,14H,5H2,1H3,(H,11,12). The van der Waals surface area contributed by atoms with E-state index in [-0.39, 0.29) is 11.7 Å². The van der Waals surface area contributed by atoms with Gasteiger partial charge < -0.3 is 10.1 Å². The summed E-state index contributed by atoms with van der Waals surface area (Å²) in [5.74, 6) is 0.767.